The van der Waals surface area contributed by atoms with Gasteiger partial charge in [-0.3, -0.25) is 20.7 Å². The van der Waals surface area contributed by atoms with Crippen molar-refractivity contribution in [2.24, 2.45) is 16.5 Å². The summed E-state index contributed by atoms with van der Waals surface area (Å²) in [5.41, 5.74) is 13.0. The van der Waals surface area contributed by atoms with Crippen molar-refractivity contribution in [3.63, 3.8) is 0 Å². The summed E-state index contributed by atoms with van der Waals surface area (Å²) < 4.78 is 0. The monoisotopic (exact) mass is 357 g/mol. The van der Waals surface area contributed by atoms with Crippen LogP contribution in [0.1, 0.15) is 18.4 Å². The number of anilines is 1. The molecule has 1 atom stereocenters. The molecule has 0 spiro atoms. The highest BCUT2D eigenvalue weighted by Crippen LogP contribution is 2.37. The van der Waals surface area contributed by atoms with Crippen LogP contribution in [0.5, 0.6) is 0 Å². The smallest absolute Gasteiger partial charge is 0.270 e. The summed E-state index contributed by atoms with van der Waals surface area (Å²) in [4.78, 5) is 19.9. The number of nitrogens with one attached hydrogen (secondary N) is 1. The standard InChI is InChI=1S/C17H23N7O2/c18-16-10-20-11-21-17(16,19)14-9-13(24(25)26)3-4-15(14)23-7-5-22(6-8-23)12-1-2-12/h3-4,9-12H,1-2,5-8,18-19H2,(H,20,21). The first-order chi connectivity index (χ1) is 12.5. The van der Waals surface area contributed by atoms with Crippen molar-refractivity contribution in [2.75, 3.05) is 31.1 Å². The largest absolute Gasteiger partial charge is 0.397 e. The number of nitro benzene ring substituents is 1. The fourth-order valence-corrected chi connectivity index (χ4v) is 3.66. The Kier molecular flexibility index (Phi) is 4.04. The Morgan fingerprint density at radius 3 is 2.62 bits per heavy atom. The number of benzene rings is 1. The first-order valence-corrected chi connectivity index (χ1v) is 8.82. The molecule has 1 saturated carbocycles. The molecule has 1 aromatic carbocycles. The number of rotatable bonds is 4. The van der Waals surface area contributed by atoms with Gasteiger partial charge in [0.2, 0.25) is 0 Å². The van der Waals surface area contributed by atoms with Gasteiger partial charge in [-0.15, -0.1) is 0 Å². The first-order valence-electron chi connectivity index (χ1n) is 8.82. The zero-order valence-corrected chi connectivity index (χ0v) is 14.5. The molecule has 2 heterocycles. The first kappa shape index (κ1) is 16.8. The molecule has 1 saturated heterocycles. The van der Waals surface area contributed by atoms with Crippen LogP contribution in [-0.4, -0.2) is 48.4 Å². The minimum absolute atomic E-state index is 0.0216. The van der Waals surface area contributed by atoms with Gasteiger partial charge in [0.25, 0.3) is 5.69 Å². The van der Waals surface area contributed by atoms with Crippen LogP contribution < -0.4 is 21.7 Å². The molecule has 1 unspecified atom stereocenters. The minimum Gasteiger partial charge on any atom is -0.397 e. The second-order valence-corrected chi connectivity index (χ2v) is 7.00. The van der Waals surface area contributed by atoms with Crippen LogP contribution in [0.4, 0.5) is 11.4 Å². The Morgan fingerprint density at radius 2 is 2.00 bits per heavy atom. The van der Waals surface area contributed by atoms with E-state index in [2.05, 4.69) is 20.1 Å². The van der Waals surface area contributed by atoms with Crippen molar-refractivity contribution in [3.8, 4) is 0 Å². The Balaban J connectivity index is 1.70. The second kappa shape index (κ2) is 6.26. The van der Waals surface area contributed by atoms with Gasteiger partial charge in [0.05, 0.1) is 17.0 Å². The Labute approximate surface area is 151 Å². The molecule has 0 radical (unpaired) electrons. The Hall–Kier alpha value is -2.65. The summed E-state index contributed by atoms with van der Waals surface area (Å²) in [5, 5.41) is 14.1. The normalized spacial score (nSPS) is 26.3. The van der Waals surface area contributed by atoms with Gasteiger partial charge in [0, 0.05) is 61.8 Å². The molecular weight excluding hydrogens is 334 g/mol. The summed E-state index contributed by atoms with van der Waals surface area (Å²) >= 11 is 0. The number of piperazine rings is 1. The van der Waals surface area contributed by atoms with Crippen LogP contribution in [0.25, 0.3) is 0 Å². The number of aliphatic imine (C=N–C) groups is 1. The molecule has 9 heteroatoms. The van der Waals surface area contributed by atoms with E-state index in [4.69, 9.17) is 11.5 Å². The second-order valence-electron chi connectivity index (χ2n) is 7.00. The van der Waals surface area contributed by atoms with Crippen LogP contribution in [0.15, 0.2) is 35.1 Å². The van der Waals surface area contributed by atoms with E-state index >= 15 is 0 Å². The summed E-state index contributed by atoms with van der Waals surface area (Å²) in [7, 11) is 0. The molecule has 0 aromatic heterocycles. The average Bonchev–Trinajstić information content (AvgIpc) is 3.49. The predicted molar refractivity (Wildman–Crippen MR) is 99.7 cm³/mol. The third kappa shape index (κ3) is 2.89. The molecule has 9 nitrogen and oxygen atoms in total. The molecule has 4 rings (SSSR count). The van der Waals surface area contributed by atoms with E-state index in [1.807, 2.05) is 0 Å². The van der Waals surface area contributed by atoms with Crippen LogP contribution in [0.3, 0.4) is 0 Å². The van der Waals surface area contributed by atoms with Crippen LogP contribution in [0.2, 0.25) is 0 Å². The lowest BCUT2D eigenvalue weighted by Crippen LogP contribution is -2.49. The number of nitrogens with two attached hydrogens (primary N) is 2. The average molecular weight is 357 g/mol. The van der Waals surface area contributed by atoms with Crippen LogP contribution in [-0.2, 0) is 5.66 Å². The van der Waals surface area contributed by atoms with E-state index in [1.54, 1.807) is 12.3 Å². The van der Waals surface area contributed by atoms with Crippen molar-refractivity contribution < 1.29 is 4.92 Å². The number of nitrogens with zero attached hydrogens (tertiary/aromatic N) is 4. The zero-order valence-electron chi connectivity index (χ0n) is 14.5. The molecular formula is C17H23N7O2. The molecule has 26 heavy (non-hydrogen) atoms. The molecule has 0 amide bonds. The van der Waals surface area contributed by atoms with Crippen LogP contribution >= 0.6 is 0 Å². The van der Waals surface area contributed by atoms with E-state index < -0.39 is 10.6 Å². The van der Waals surface area contributed by atoms with Crippen molar-refractivity contribution >= 4 is 17.7 Å². The molecule has 0 bridgehead atoms. The summed E-state index contributed by atoms with van der Waals surface area (Å²) in [5.74, 6) is 0. The lowest BCUT2D eigenvalue weighted by Gasteiger charge is -2.39. The highest BCUT2D eigenvalue weighted by molar-refractivity contribution is 5.67. The van der Waals surface area contributed by atoms with Crippen molar-refractivity contribution in [3.05, 3.63) is 45.8 Å². The van der Waals surface area contributed by atoms with Crippen molar-refractivity contribution in [1.82, 2.24) is 10.2 Å². The SMILES string of the molecule is NC1=CNC=NC1(N)c1cc([N+](=O)[O-])ccc1N1CCN(C2CC2)CC1. The van der Waals surface area contributed by atoms with Gasteiger partial charge in [-0.2, -0.15) is 0 Å². The maximum atomic E-state index is 11.3. The van der Waals surface area contributed by atoms with Gasteiger partial charge in [0.1, 0.15) is 0 Å². The third-order valence-corrected chi connectivity index (χ3v) is 5.34. The molecule has 138 valence electrons. The number of nitro groups is 1. The van der Waals surface area contributed by atoms with Crippen molar-refractivity contribution in [1.29, 1.82) is 0 Å². The lowest BCUT2D eigenvalue weighted by molar-refractivity contribution is -0.384. The van der Waals surface area contributed by atoms with Gasteiger partial charge >= 0.3 is 0 Å². The molecule has 5 N–H and O–H groups in total. The Morgan fingerprint density at radius 1 is 1.27 bits per heavy atom. The molecule has 2 aliphatic heterocycles. The summed E-state index contributed by atoms with van der Waals surface area (Å²) in [6.45, 7) is 3.66. The summed E-state index contributed by atoms with van der Waals surface area (Å²) in [6, 6.07) is 5.51. The van der Waals surface area contributed by atoms with Gasteiger partial charge in [0.15, 0.2) is 5.66 Å². The topological polar surface area (TPSA) is 126 Å². The van der Waals surface area contributed by atoms with Crippen molar-refractivity contribution in [2.45, 2.75) is 24.5 Å². The zero-order chi connectivity index (χ0) is 18.3. The molecule has 1 aromatic rings. The van der Waals surface area contributed by atoms with Crippen LogP contribution in [0, 0.1) is 10.1 Å². The quantitative estimate of drug-likeness (QED) is 0.526. The number of hydrogen-bond acceptors (Lipinski definition) is 8. The molecule has 1 aliphatic carbocycles. The third-order valence-electron chi connectivity index (χ3n) is 5.34. The van der Waals surface area contributed by atoms with E-state index in [0.29, 0.717) is 11.3 Å². The van der Waals surface area contributed by atoms with E-state index in [9.17, 15) is 10.1 Å². The fraction of sp³-hybridized carbons (Fsp3) is 0.471. The number of non-ortho nitro benzene ring substituents is 1. The Bertz CT molecular complexity index is 781. The maximum absolute atomic E-state index is 11.3. The number of hydrogen-bond donors (Lipinski definition) is 3. The summed E-state index contributed by atoms with van der Waals surface area (Å²) in [6.07, 6.45) is 5.61. The van der Waals surface area contributed by atoms with E-state index in [1.165, 1.54) is 31.3 Å². The fourth-order valence-electron chi connectivity index (χ4n) is 3.66. The lowest BCUT2D eigenvalue weighted by atomic mass is 9.93. The highest BCUT2D eigenvalue weighted by Gasteiger charge is 2.37. The van der Waals surface area contributed by atoms with Gasteiger partial charge in [-0.05, 0) is 18.9 Å². The molecule has 2 fully saturated rings. The minimum atomic E-state index is -1.32. The maximum Gasteiger partial charge on any atom is 0.270 e. The van der Waals surface area contributed by atoms with Gasteiger partial charge < -0.3 is 16.0 Å². The predicted octanol–water partition coefficient (Wildman–Crippen LogP) is 0.422. The highest BCUT2D eigenvalue weighted by atomic mass is 16.6. The van der Waals surface area contributed by atoms with E-state index in [0.717, 1.165) is 37.9 Å². The van der Waals surface area contributed by atoms with E-state index in [-0.39, 0.29) is 5.69 Å². The van der Waals surface area contributed by atoms with Gasteiger partial charge in [-0.1, -0.05) is 0 Å². The molecule has 3 aliphatic rings. The van der Waals surface area contributed by atoms with Gasteiger partial charge in [-0.25, -0.2) is 4.99 Å².